The molecule has 0 saturated heterocycles. The molecule has 1 heterocycles. The van der Waals surface area contributed by atoms with Gasteiger partial charge in [-0.3, -0.25) is 9.59 Å². The fourth-order valence-electron chi connectivity index (χ4n) is 3.71. The third kappa shape index (κ3) is 4.24. The number of fused-ring (bicyclic) bond motifs is 1. The molecule has 0 fully saturated rings. The molecule has 154 valence electrons. The number of nitrogens with one attached hydrogen (secondary N) is 2. The molecule has 1 atom stereocenters. The Balaban J connectivity index is 1.64. The molecule has 2 aromatic carbocycles. The van der Waals surface area contributed by atoms with Gasteiger partial charge < -0.3 is 15.4 Å². The largest absolute Gasteiger partial charge is 0.497 e. The van der Waals surface area contributed by atoms with E-state index >= 15 is 0 Å². The summed E-state index contributed by atoms with van der Waals surface area (Å²) in [6.45, 7) is 2.22. The quantitative estimate of drug-likeness (QED) is 0.582. The first-order valence-corrected chi connectivity index (χ1v) is 10.8. The number of amides is 2. The van der Waals surface area contributed by atoms with Gasteiger partial charge in [-0.25, -0.2) is 0 Å². The number of thiophene rings is 1. The zero-order valence-corrected chi connectivity index (χ0v) is 17.8. The molecule has 1 aliphatic carbocycles. The Morgan fingerprint density at radius 2 is 1.73 bits per heavy atom. The van der Waals surface area contributed by atoms with Crippen LogP contribution in [0, 0.1) is 5.92 Å². The molecule has 1 aliphatic rings. The Morgan fingerprint density at radius 1 is 1.00 bits per heavy atom. The molecule has 0 bridgehead atoms. The molecule has 1 aromatic heterocycles. The highest BCUT2D eigenvalue weighted by Gasteiger charge is 2.28. The maximum absolute atomic E-state index is 13.2. The lowest BCUT2D eigenvalue weighted by Crippen LogP contribution is -2.19. The van der Waals surface area contributed by atoms with Crippen molar-refractivity contribution in [2.24, 2.45) is 5.92 Å². The van der Waals surface area contributed by atoms with Gasteiger partial charge in [-0.1, -0.05) is 25.1 Å². The van der Waals surface area contributed by atoms with Gasteiger partial charge in [0.1, 0.15) is 10.8 Å². The van der Waals surface area contributed by atoms with Crippen molar-refractivity contribution in [3.63, 3.8) is 0 Å². The van der Waals surface area contributed by atoms with Crippen LogP contribution in [0.25, 0.3) is 0 Å². The minimum Gasteiger partial charge on any atom is -0.497 e. The number of ether oxygens (including phenoxy) is 1. The van der Waals surface area contributed by atoms with E-state index in [1.54, 1.807) is 43.5 Å². The summed E-state index contributed by atoms with van der Waals surface area (Å²) in [7, 11) is 1.61. The molecular weight excluding hydrogens is 396 g/mol. The summed E-state index contributed by atoms with van der Waals surface area (Å²) in [4.78, 5) is 27.2. The van der Waals surface area contributed by atoms with Gasteiger partial charge in [-0.2, -0.15) is 0 Å². The van der Waals surface area contributed by atoms with E-state index in [1.165, 1.54) is 16.2 Å². The number of benzene rings is 2. The van der Waals surface area contributed by atoms with E-state index in [9.17, 15) is 9.59 Å². The van der Waals surface area contributed by atoms with Crippen LogP contribution in [0.2, 0.25) is 0 Å². The maximum atomic E-state index is 13.2. The first-order chi connectivity index (χ1) is 14.5. The van der Waals surface area contributed by atoms with E-state index < -0.39 is 0 Å². The molecule has 30 heavy (non-hydrogen) atoms. The van der Waals surface area contributed by atoms with Gasteiger partial charge in [-0.15, -0.1) is 11.3 Å². The minimum atomic E-state index is -0.208. The average molecular weight is 421 g/mol. The van der Waals surface area contributed by atoms with Crippen LogP contribution in [-0.4, -0.2) is 18.9 Å². The van der Waals surface area contributed by atoms with Crippen LogP contribution >= 0.6 is 11.3 Å². The Morgan fingerprint density at radius 3 is 2.43 bits per heavy atom. The second kappa shape index (κ2) is 8.71. The van der Waals surface area contributed by atoms with Gasteiger partial charge in [-0.05, 0) is 67.1 Å². The number of rotatable bonds is 5. The fourth-order valence-corrected chi connectivity index (χ4v) is 5.12. The maximum Gasteiger partial charge on any atom is 0.258 e. The zero-order chi connectivity index (χ0) is 21.1. The van der Waals surface area contributed by atoms with Crippen LogP contribution < -0.4 is 15.4 Å². The van der Waals surface area contributed by atoms with Gasteiger partial charge in [0.15, 0.2) is 0 Å². The van der Waals surface area contributed by atoms with Crippen molar-refractivity contribution in [2.45, 2.75) is 26.2 Å². The highest BCUT2D eigenvalue weighted by Crippen LogP contribution is 2.40. The Labute approximate surface area is 180 Å². The van der Waals surface area contributed by atoms with Crippen molar-refractivity contribution in [3.05, 3.63) is 76.2 Å². The first-order valence-electron chi connectivity index (χ1n) is 10.0. The van der Waals surface area contributed by atoms with Crippen LogP contribution in [0.4, 0.5) is 10.7 Å². The Bertz CT molecular complexity index is 1060. The summed E-state index contributed by atoms with van der Waals surface area (Å²) in [5.41, 5.74) is 2.90. The zero-order valence-electron chi connectivity index (χ0n) is 17.0. The summed E-state index contributed by atoms with van der Waals surface area (Å²) in [5.74, 6) is 0.897. The molecule has 0 radical (unpaired) electrons. The highest BCUT2D eigenvalue weighted by atomic mass is 32.1. The number of carbonyl (C=O) groups is 2. The third-order valence-corrected chi connectivity index (χ3v) is 6.52. The predicted molar refractivity (Wildman–Crippen MR) is 121 cm³/mol. The van der Waals surface area contributed by atoms with Crippen molar-refractivity contribution in [1.29, 1.82) is 0 Å². The van der Waals surface area contributed by atoms with Gasteiger partial charge in [0.05, 0.1) is 12.7 Å². The van der Waals surface area contributed by atoms with Gasteiger partial charge in [0, 0.05) is 16.1 Å². The van der Waals surface area contributed by atoms with Crippen molar-refractivity contribution in [3.8, 4) is 5.75 Å². The van der Waals surface area contributed by atoms with E-state index in [1.807, 2.05) is 18.2 Å². The van der Waals surface area contributed by atoms with Gasteiger partial charge in [0.25, 0.3) is 11.8 Å². The normalized spacial score (nSPS) is 15.2. The van der Waals surface area contributed by atoms with Crippen LogP contribution in [0.5, 0.6) is 5.75 Å². The smallest absolute Gasteiger partial charge is 0.258 e. The standard InChI is InChI=1S/C24H24N2O3S/c1-15-8-13-19-20(14-15)30-24(26-22(27)16-6-4-3-5-7-16)21(19)23(28)25-17-9-11-18(29-2)12-10-17/h3-7,9-12,15H,8,13-14H2,1-2H3,(H,25,28)(H,26,27). The SMILES string of the molecule is COc1ccc(NC(=O)c2c(NC(=O)c3ccccc3)sc3c2CCC(C)C3)cc1. The van der Waals surface area contributed by atoms with Crippen molar-refractivity contribution >= 4 is 33.8 Å². The highest BCUT2D eigenvalue weighted by molar-refractivity contribution is 7.17. The summed E-state index contributed by atoms with van der Waals surface area (Å²) >= 11 is 1.52. The van der Waals surface area contributed by atoms with Crippen molar-refractivity contribution in [2.75, 3.05) is 17.7 Å². The molecule has 2 N–H and O–H groups in total. The monoisotopic (exact) mass is 420 g/mol. The van der Waals surface area contributed by atoms with Crippen LogP contribution in [0.3, 0.4) is 0 Å². The van der Waals surface area contributed by atoms with Crippen molar-refractivity contribution in [1.82, 2.24) is 0 Å². The lowest BCUT2D eigenvalue weighted by Gasteiger charge is -2.18. The van der Waals surface area contributed by atoms with Crippen LogP contribution in [-0.2, 0) is 12.8 Å². The van der Waals surface area contributed by atoms with E-state index in [4.69, 9.17) is 4.74 Å². The molecule has 0 aliphatic heterocycles. The average Bonchev–Trinajstić information content (AvgIpc) is 3.11. The number of anilines is 2. The summed E-state index contributed by atoms with van der Waals surface area (Å²) in [6, 6.07) is 16.3. The molecule has 0 saturated carbocycles. The summed E-state index contributed by atoms with van der Waals surface area (Å²) in [5, 5.41) is 6.57. The molecular formula is C24H24N2O3S. The Hall–Kier alpha value is -3.12. The molecule has 2 amide bonds. The second-order valence-electron chi connectivity index (χ2n) is 7.56. The summed E-state index contributed by atoms with van der Waals surface area (Å²) < 4.78 is 5.18. The van der Waals surface area contributed by atoms with Gasteiger partial charge in [0.2, 0.25) is 0 Å². The lowest BCUT2D eigenvalue weighted by molar-refractivity contribution is 0.102. The molecule has 0 spiro atoms. The molecule has 1 unspecified atom stereocenters. The third-order valence-electron chi connectivity index (χ3n) is 5.35. The van der Waals surface area contributed by atoms with E-state index in [0.29, 0.717) is 27.7 Å². The first kappa shape index (κ1) is 20.2. The second-order valence-corrected chi connectivity index (χ2v) is 8.66. The van der Waals surface area contributed by atoms with Crippen LogP contribution in [0.1, 0.15) is 44.5 Å². The minimum absolute atomic E-state index is 0.199. The Kier molecular flexibility index (Phi) is 5.86. The molecule has 5 nitrogen and oxygen atoms in total. The van der Waals surface area contributed by atoms with Crippen LogP contribution in [0.15, 0.2) is 54.6 Å². The number of hydrogen-bond acceptors (Lipinski definition) is 4. The predicted octanol–water partition coefficient (Wildman–Crippen LogP) is 5.39. The lowest BCUT2D eigenvalue weighted by atomic mass is 9.88. The molecule has 3 aromatic rings. The fraction of sp³-hybridized carbons (Fsp3) is 0.250. The summed E-state index contributed by atoms with van der Waals surface area (Å²) in [6.07, 6.45) is 2.82. The van der Waals surface area contributed by atoms with E-state index in [0.717, 1.165) is 30.6 Å². The van der Waals surface area contributed by atoms with Gasteiger partial charge >= 0.3 is 0 Å². The topological polar surface area (TPSA) is 67.4 Å². The molecule has 4 rings (SSSR count). The van der Waals surface area contributed by atoms with Crippen molar-refractivity contribution < 1.29 is 14.3 Å². The number of methoxy groups -OCH3 is 1. The number of carbonyl (C=O) groups excluding carboxylic acids is 2. The van der Waals surface area contributed by atoms with E-state index in [2.05, 4.69) is 17.6 Å². The molecule has 6 heteroatoms. The van der Waals surface area contributed by atoms with E-state index in [-0.39, 0.29) is 11.8 Å². The number of hydrogen-bond donors (Lipinski definition) is 2.